The zero-order chi connectivity index (χ0) is 22.4. The van der Waals surface area contributed by atoms with Gasteiger partial charge >= 0.3 is 6.09 Å². The number of nitrogens with zero attached hydrogens (tertiary/aromatic N) is 4. The van der Waals surface area contributed by atoms with Gasteiger partial charge in [-0.2, -0.15) is 0 Å². The fourth-order valence-corrected chi connectivity index (χ4v) is 3.01. The maximum absolute atomic E-state index is 11.9. The number of amides is 2. The third kappa shape index (κ3) is 13.0. The van der Waals surface area contributed by atoms with Gasteiger partial charge in [-0.1, -0.05) is 0 Å². The minimum absolute atomic E-state index is 0. The van der Waals surface area contributed by atoms with Crippen LogP contribution in [0.2, 0.25) is 0 Å². The van der Waals surface area contributed by atoms with Crippen LogP contribution in [0.4, 0.5) is 4.79 Å². The second kappa shape index (κ2) is 17.2. The largest absolute Gasteiger partial charge is 0.450 e. The molecule has 1 aliphatic rings. The lowest BCUT2D eigenvalue weighted by atomic mass is 10.1. The molecule has 182 valence electrons. The molecule has 0 aromatic heterocycles. The molecule has 0 aromatic rings. The van der Waals surface area contributed by atoms with E-state index in [9.17, 15) is 9.59 Å². The first-order chi connectivity index (χ1) is 14.4. The summed E-state index contributed by atoms with van der Waals surface area (Å²) in [5, 5.41) is 6.75. The maximum atomic E-state index is 11.9. The van der Waals surface area contributed by atoms with E-state index in [1.807, 2.05) is 6.92 Å². The molecule has 0 unspecified atom stereocenters. The van der Waals surface area contributed by atoms with Gasteiger partial charge in [-0.25, -0.2) is 9.79 Å². The van der Waals surface area contributed by atoms with E-state index in [1.165, 1.54) is 4.90 Å². The van der Waals surface area contributed by atoms with Crippen molar-refractivity contribution in [1.29, 1.82) is 0 Å². The lowest BCUT2D eigenvalue weighted by Crippen LogP contribution is -2.51. The molecule has 11 heteroatoms. The zero-order valence-corrected chi connectivity index (χ0v) is 22.0. The maximum Gasteiger partial charge on any atom is 0.409 e. The van der Waals surface area contributed by atoms with Gasteiger partial charge in [0, 0.05) is 66.6 Å². The molecular weight excluding hydrogens is 515 g/mol. The number of carbonyl (C=O) groups is 2. The number of halogens is 1. The van der Waals surface area contributed by atoms with E-state index in [2.05, 4.69) is 27.6 Å². The van der Waals surface area contributed by atoms with Crippen LogP contribution in [-0.2, 0) is 14.3 Å². The second-order valence-corrected chi connectivity index (χ2v) is 7.63. The number of hydrogen-bond donors (Lipinski definition) is 2. The summed E-state index contributed by atoms with van der Waals surface area (Å²) in [4.78, 5) is 33.7. The molecule has 2 N–H and O–H groups in total. The number of guanidine groups is 1. The Kier molecular flexibility index (Phi) is 16.5. The number of ether oxygens (including phenoxy) is 2. The number of nitrogens with one attached hydrogen (secondary N) is 2. The Bertz CT molecular complexity index is 542. The molecule has 31 heavy (non-hydrogen) atoms. The van der Waals surface area contributed by atoms with Gasteiger partial charge in [0.05, 0.1) is 6.61 Å². The molecule has 0 radical (unpaired) electrons. The van der Waals surface area contributed by atoms with Gasteiger partial charge in [0.1, 0.15) is 6.54 Å². The number of hydrogen-bond acceptors (Lipinski definition) is 6. The molecular formula is C20H41IN6O4. The van der Waals surface area contributed by atoms with Crippen molar-refractivity contribution in [2.45, 2.75) is 32.2 Å². The number of methoxy groups -OCH3 is 1. The highest BCUT2D eigenvalue weighted by Crippen LogP contribution is 2.11. The van der Waals surface area contributed by atoms with Gasteiger partial charge in [-0.05, 0) is 33.2 Å². The summed E-state index contributed by atoms with van der Waals surface area (Å²) in [6.45, 7) is 6.85. The molecule has 0 aromatic carbocycles. The van der Waals surface area contributed by atoms with E-state index < -0.39 is 0 Å². The summed E-state index contributed by atoms with van der Waals surface area (Å²) >= 11 is 0. The topological polar surface area (TPSA) is 98.7 Å². The number of carbonyl (C=O) groups excluding carboxylic acids is 2. The lowest BCUT2D eigenvalue weighted by molar-refractivity contribution is -0.127. The van der Waals surface area contributed by atoms with Crippen LogP contribution < -0.4 is 10.6 Å². The number of piperidine rings is 1. The van der Waals surface area contributed by atoms with Crippen molar-refractivity contribution >= 4 is 41.9 Å². The highest BCUT2D eigenvalue weighted by molar-refractivity contribution is 14.0. The van der Waals surface area contributed by atoms with Crippen molar-refractivity contribution in [3.8, 4) is 0 Å². The van der Waals surface area contributed by atoms with Crippen LogP contribution in [0.5, 0.6) is 0 Å². The average Bonchev–Trinajstić information content (AvgIpc) is 2.72. The predicted octanol–water partition coefficient (Wildman–Crippen LogP) is 0.817. The SMILES string of the molecule is CCOC(=O)N1CCC(NC(=NCC(=O)N(C)C)NCCN(C)CCCOC)CC1.I. The highest BCUT2D eigenvalue weighted by atomic mass is 127. The first kappa shape index (κ1) is 29.7. The fourth-order valence-electron chi connectivity index (χ4n) is 3.01. The zero-order valence-electron chi connectivity index (χ0n) is 19.7. The Morgan fingerprint density at radius 3 is 2.42 bits per heavy atom. The predicted molar refractivity (Wildman–Crippen MR) is 133 cm³/mol. The summed E-state index contributed by atoms with van der Waals surface area (Å²) in [6.07, 6.45) is 2.34. The van der Waals surface area contributed by atoms with Crippen LogP contribution in [0.25, 0.3) is 0 Å². The molecule has 0 aliphatic carbocycles. The van der Waals surface area contributed by atoms with E-state index in [-0.39, 0.29) is 48.6 Å². The third-order valence-electron chi connectivity index (χ3n) is 4.91. The van der Waals surface area contributed by atoms with Crippen LogP contribution in [-0.4, -0.2) is 119 Å². The Morgan fingerprint density at radius 2 is 1.84 bits per heavy atom. The van der Waals surface area contributed by atoms with E-state index in [0.717, 1.165) is 39.0 Å². The summed E-state index contributed by atoms with van der Waals surface area (Å²) in [5.41, 5.74) is 0. The molecule has 1 saturated heterocycles. The molecule has 0 bridgehead atoms. The smallest absolute Gasteiger partial charge is 0.409 e. The first-order valence-corrected chi connectivity index (χ1v) is 10.7. The monoisotopic (exact) mass is 556 g/mol. The molecule has 1 rings (SSSR count). The van der Waals surface area contributed by atoms with Crippen LogP contribution in [0.3, 0.4) is 0 Å². The number of likely N-dealkylation sites (N-methyl/N-ethyl adjacent to an activating group) is 2. The Hall–Kier alpha value is -1.34. The van der Waals surface area contributed by atoms with Crippen molar-refractivity contribution in [3.05, 3.63) is 0 Å². The van der Waals surface area contributed by atoms with E-state index in [1.54, 1.807) is 26.1 Å². The summed E-state index contributed by atoms with van der Waals surface area (Å²) < 4.78 is 10.2. The Labute approximate surface area is 204 Å². The number of likely N-dealkylation sites (tertiary alicyclic amines) is 1. The van der Waals surface area contributed by atoms with Crippen molar-refractivity contribution < 1.29 is 19.1 Å². The molecule has 0 saturated carbocycles. The van der Waals surface area contributed by atoms with Crippen LogP contribution in [0.1, 0.15) is 26.2 Å². The van der Waals surface area contributed by atoms with E-state index >= 15 is 0 Å². The van der Waals surface area contributed by atoms with Gasteiger partial charge < -0.3 is 34.8 Å². The molecule has 10 nitrogen and oxygen atoms in total. The summed E-state index contributed by atoms with van der Waals surface area (Å²) in [7, 11) is 7.22. The van der Waals surface area contributed by atoms with Gasteiger partial charge in [0.15, 0.2) is 5.96 Å². The fraction of sp³-hybridized carbons (Fsp3) is 0.850. The molecule has 1 fully saturated rings. The minimum Gasteiger partial charge on any atom is -0.450 e. The Balaban J connectivity index is 0.00000900. The second-order valence-electron chi connectivity index (χ2n) is 7.63. The van der Waals surface area contributed by atoms with Crippen molar-refractivity contribution in [2.24, 2.45) is 4.99 Å². The van der Waals surface area contributed by atoms with Crippen molar-refractivity contribution in [2.75, 3.05) is 80.7 Å². The third-order valence-corrected chi connectivity index (χ3v) is 4.91. The molecule has 0 spiro atoms. The van der Waals surface area contributed by atoms with Crippen LogP contribution in [0, 0.1) is 0 Å². The van der Waals surface area contributed by atoms with E-state index in [4.69, 9.17) is 9.47 Å². The molecule has 0 atom stereocenters. The average molecular weight is 556 g/mol. The van der Waals surface area contributed by atoms with Crippen molar-refractivity contribution in [1.82, 2.24) is 25.3 Å². The van der Waals surface area contributed by atoms with Crippen molar-refractivity contribution in [3.63, 3.8) is 0 Å². The minimum atomic E-state index is -0.254. The summed E-state index contributed by atoms with van der Waals surface area (Å²) in [6, 6.07) is 0.191. The number of rotatable bonds is 11. The quantitative estimate of drug-likeness (QED) is 0.168. The Morgan fingerprint density at radius 1 is 1.16 bits per heavy atom. The molecule has 2 amide bonds. The first-order valence-electron chi connectivity index (χ1n) is 10.7. The van der Waals surface area contributed by atoms with Gasteiger partial charge in [0.25, 0.3) is 0 Å². The highest BCUT2D eigenvalue weighted by Gasteiger charge is 2.24. The van der Waals surface area contributed by atoms with Gasteiger partial charge in [-0.3, -0.25) is 4.79 Å². The normalized spacial score (nSPS) is 14.8. The lowest BCUT2D eigenvalue weighted by Gasteiger charge is -2.32. The molecule has 1 heterocycles. The summed E-state index contributed by atoms with van der Waals surface area (Å²) in [5.74, 6) is 0.579. The standard InChI is InChI=1S/C20H40N6O4.HI/c1-6-30-20(28)26-12-8-17(9-13-26)23-19(22-16-18(27)24(2)3)21-10-14-25(4)11-7-15-29-5;/h17H,6-16H2,1-5H3,(H2,21,22,23);1H. The molecule has 1 aliphatic heterocycles. The van der Waals surface area contributed by atoms with Gasteiger partial charge in [0.2, 0.25) is 5.91 Å². The van der Waals surface area contributed by atoms with E-state index in [0.29, 0.717) is 32.2 Å². The van der Waals surface area contributed by atoms with Crippen LogP contribution >= 0.6 is 24.0 Å². The van der Waals surface area contributed by atoms with Gasteiger partial charge in [-0.15, -0.1) is 24.0 Å². The van der Waals surface area contributed by atoms with Crippen LogP contribution in [0.15, 0.2) is 4.99 Å². The number of aliphatic imine (C=N–C) groups is 1.